The van der Waals surface area contributed by atoms with E-state index < -0.39 is 0 Å². The summed E-state index contributed by atoms with van der Waals surface area (Å²) in [5.41, 5.74) is 7.93. The topological polar surface area (TPSA) is 17.3 Å². The van der Waals surface area contributed by atoms with Crippen LogP contribution in [0.1, 0.15) is 45.7 Å². The highest BCUT2D eigenvalue weighted by Gasteiger charge is 2.25. The van der Waals surface area contributed by atoms with E-state index in [2.05, 4.69) is 106 Å². The Hall–Kier alpha value is -3.65. The molecule has 172 valence electrons. The van der Waals surface area contributed by atoms with E-state index >= 15 is 0 Å². The zero-order chi connectivity index (χ0) is 24.1. The maximum Gasteiger partial charge on any atom is 0.0823 e. The molecule has 35 heavy (non-hydrogen) atoms. The van der Waals surface area contributed by atoms with Crippen molar-refractivity contribution in [2.75, 3.05) is 0 Å². The lowest BCUT2D eigenvalue weighted by Gasteiger charge is -2.20. The zero-order valence-corrected chi connectivity index (χ0v) is 21.1. The van der Waals surface area contributed by atoms with E-state index in [0.717, 1.165) is 11.9 Å². The molecule has 0 atom stereocenters. The van der Waals surface area contributed by atoms with Crippen molar-refractivity contribution in [2.45, 2.75) is 46.5 Å². The summed E-state index contributed by atoms with van der Waals surface area (Å²) in [6.45, 7) is 11.6. The average Bonchev–Trinajstić information content (AvgIpc) is 3.17. The van der Waals surface area contributed by atoms with Gasteiger partial charge in [-0.05, 0) is 63.2 Å². The molecule has 7 rings (SSSR count). The van der Waals surface area contributed by atoms with Gasteiger partial charge in [-0.15, -0.1) is 0 Å². The second-order valence-electron chi connectivity index (χ2n) is 11.6. The van der Waals surface area contributed by atoms with Gasteiger partial charge in [-0.1, -0.05) is 83.1 Å². The first-order chi connectivity index (χ1) is 16.8. The largest absolute Gasteiger partial charge is 0.308 e. The molecule has 0 aliphatic carbocycles. The van der Waals surface area contributed by atoms with E-state index in [0.29, 0.717) is 5.92 Å². The van der Waals surface area contributed by atoms with Crippen LogP contribution in [0.15, 0.2) is 72.9 Å². The summed E-state index contributed by atoms with van der Waals surface area (Å²) in [7, 11) is 0. The van der Waals surface area contributed by atoms with Crippen LogP contribution in [0.5, 0.6) is 0 Å². The number of pyridine rings is 2. The molecular weight excluding hydrogens is 424 g/mol. The minimum Gasteiger partial charge on any atom is -0.308 e. The fourth-order valence-electron chi connectivity index (χ4n) is 6.34. The molecule has 0 fully saturated rings. The predicted molar refractivity (Wildman–Crippen MR) is 151 cm³/mol. The summed E-state index contributed by atoms with van der Waals surface area (Å²) in [6, 6.07) is 24.9. The van der Waals surface area contributed by atoms with Crippen molar-refractivity contribution in [1.29, 1.82) is 0 Å². The molecule has 0 spiro atoms. The quantitative estimate of drug-likeness (QED) is 0.188. The summed E-state index contributed by atoms with van der Waals surface area (Å²) in [5, 5.41) is 9.15. The lowest BCUT2D eigenvalue weighted by atomic mass is 9.84. The molecule has 7 aromatic rings. The minimum absolute atomic E-state index is 0.0480. The number of fused-ring (bicyclic) bond motifs is 7. The molecule has 0 saturated heterocycles. The van der Waals surface area contributed by atoms with E-state index in [1.165, 1.54) is 65.4 Å². The summed E-state index contributed by atoms with van der Waals surface area (Å²) >= 11 is 0. The van der Waals surface area contributed by atoms with Crippen molar-refractivity contribution in [3.63, 3.8) is 0 Å². The molecule has 0 saturated carbocycles. The van der Waals surface area contributed by atoms with Gasteiger partial charge in [-0.3, -0.25) is 4.98 Å². The van der Waals surface area contributed by atoms with Crippen molar-refractivity contribution < 1.29 is 0 Å². The van der Waals surface area contributed by atoms with Gasteiger partial charge < -0.3 is 4.40 Å². The normalized spacial score (nSPS) is 13.1. The molecule has 0 bridgehead atoms. The number of aromatic nitrogens is 2. The van der Waals surface area contributed by atoms with Gasteiger partial charge in [0, 0.05) is 27.7 Å². The summed E-state index contributed by atoms with van der Waals surface area (Å²) < 4.78 is 2.58. The van der Waals surface area contributed by atoms with Gasteiger partial charge in [0.1, 0.15) is 0 Å². The number of hydrogen-bond acceptors (Lipinski definition) is 1. The van der Waals surface area contributed by atoms with Crippen LogP contribution in [0, 0.1) is 5.92 Å². The Morgan fingerprint density at radius 2 is 1.60 bits per heavy atom. The first kappa shape index (κ1) is 20.7. The van der Waals surface area contributed by atoms with Crippen LogP contribution < -0.4 is 0 Å². The van der Waals surface area contributed by atoms with Crippen LogP contribution >= 0.6 is 0 Å². The highest BCUT2D eigenvalue weighted by Crippen LogP contribution is 2.45. The third-order valence-corrected chi connectivity index (χ3v) is 7.71. The fraction of sp³-hybridized carbons (Fsp3) is 0.242. The molecule has 2 heteroatoms. The van der Waals surface area contributed by atoms with Gasteiger partial charge in [0.25, 0.3) is 0 Å². The molecule has 0 radical (unpaired) electrons. The van der Waals surface area contributed by atoms with Crippen LogP contribution in [-0.2, 0) is 11.8 Å². The number of benzene rings is 4. The van der Waals surface area contributed by atoms with E-state index in [4.69, 9.17) is 4.98 Å². The van der Waals surface area contributed by atoms with Crippen molar-refractivity contribution in [1.82, 2.24) is 9.38 Å². The molecule has 2 nitrogen and oxygen atoms in total. The molecular formula is C33H30N2. The molecule has 4 aromatic carbocycles. The van der Waals surface area contributed by atoms with Crippen LogP contribution in [0.4, 0.5) is 0 Å². The van der Waals surface area contributed by atoms with Crippen LogP contribution in [0.3, 0.4) is 0 Å². The highest BCUT2D eigenvalue weighted by molar-refractivity contribution is 6.29. The fourth-order valence-corrected chi connectivity index (χ4v) is 6.34. The van der Waals surface area contributed by atoms with Crippen molar-refractivity contribution in [3.8, 4) is 0 Å². The highest BCUT2D eigenvalue weighted by atomic mass is 14.9. The lowest BCUT2D eigenvalue weighted by Crippen LogP contribution is -2.11. The van der Waals surface area contributed by atoms with Crippen molar-refractivity contribution in [2.24, 2.45) is 5.92 Å². The van der Waals surface area contributed by atoms with Gasteiger partial charge in [0.05, 0.1) is 22.1 Å². The zero-order valence-electron chi connectivity index (χ0n) is 21.1. The van der Waals surface area contributed by atoms with Gasteiger partial charge in [-0.25, -0.2) is 0 Å². The van der Waals surface area contributed by atoms with Gasteiger partial charge in [-0.2, -0.15) is 0 Å². The average molecular weight is 455 g/mol. The van der Waals surface area contributed by atoms with Crippen LogP contribution in [-0.4, -0.2) is 9.38 Å². The van der Waals surface area contributed by atoms with Gasteiger partial charge in [0.2, 0.25) is 0 Å². The molecule has 3 heterocycles. The maximum atomic E-state index is 5.02. The Kier molecular flexibility index (Phi) is 4.11. The van der Waals surface area contributed by atoms with Crippen molar-refractivity contribution >= 4 is 59.8 Å². The second kappa shape index (κ2) is 6.95. The molecule has 0 aliphatic rings. The summed E-state index contributed by atoms with van der Waals surface area (Å²) in [6.07, 6.45) is 3.01. The Morgan fingerprint density at radius 1 is 0.771 bits per heavy atom. The van der Waals surface area contributed by atoms with Crippen LogP contribution in [0.25, 0.3) is 59.8 Å². The van der Waals surface area contributed by atoms with Crippen molar-refractivity contribution in [3.05, 3.63) is 84.1 Å². The number of rotatable bonds is 2. The Labute approximate surface area is 205 Å². The van der Waals surface area contributed by atoms with E-state index in [9.17, 15) is 0 Å². The third kappa shape index (κ3) is 2.74. The van der Waals surface area contributed by atoms with Gasteiger partial charge in [0.15, 0.2) is 0 Å². The third-order valence-electron chi connectivity index (χ3n) is 7.71. The summed E-state index contributed by atoms with van der Waals surface area (Å²) in [5.74, 6) is 0.549. The molecule has 0 amide bonds. The Balaban J connectivity index is 1.89. The standard InChI is InChI=1S/C33H30N2/c1-19(2)17-24-22-10-7-6-9-21(22)18-25-30-28-20(15-16-34-30)13-14-23-29-26(33(3,4)5)11-8-12-27(29)35(31(24)25)32(23)28/h6-16,18-19H,17H2,1-5H3. The lowest BCUT2D eigenvalue weighted by molar-refractivity contribution is 0.596. The Bertz CT molecular complexity index is 1930. The number of hydrogen-bond donors (Lipinski definition) is 0. The first-order valence-electron chi connectivity index (χ1n) is 12.8. The maximum absolute atomic E-state index is 5.02. The van der Waals surface area contributed by atoms with E-state index in [-0.39, 0.29) is 5.41 Å². The summed E-state index contributed by atoms with van der Waals surface area (Å²) in [4.78, 5) is 5.02. The van der Waals surface area contributed by atoms with E-state index in [1.807, 2.05) is 6.20 Å². The van der Waals surface area contributed by atoms with Gasteiger partial charge >= 0.3 is 0 Å². The number of nitrogens with zero attached hydrogens (tertiary/aromatic N) is 2. The smallest absolute Gasteiger partial charge is 0.0823 e. The molecule has 3 aromatic heterocycles. The molecule has 0 unspecified atom stereocenters. The van der Waals surface area contributed by atoms with E-state index in [1.54, 1.807) is 0 Å². The molecule has 0 N–H and O–H groups in total. The SMILES string of the molecule is CC(C)Cc1c2ccccc2cc2c3nccc4ccc5c6c(C(C)(C)C)cccc6n(c12)c5c43. The Morgan fingerprint density at radius 3 is 2.40 bits per heavy atom. The van der Waals surface area contributed by atoms with Crippen LogP contribution in [0.2, 0.25) is 0 Å². The second-order valence-corrected chi connectivity index (χ2v) is 11.6. The minimum atomic E-state index is 0.0480. The predicted octanol–water partition coefficient (Wildman–Crippen LogP) is 9.03. The first-order valence-corrected chi connectivity index (χ1v) is 12.8. The monoisotopic (exact) mass is 454 g/mol. The molecule has 0 aliphatic heterocycles.